The Bertz CT molecular complexity index is 116. The molecule has 0 spiro atoms. The van der Waals surface area contributed by atoms with Crippen molar-refractivity contribution >= 4 is 0 Å². The fourth-order valence-electron chi connectivity index (χ4n) is 0.962. The third-order valence-electron chi connectivity index (χ3n) is 1.78. The van der Waals surface area contributed by atoms with Crippen LogP contribution in [-0.4, -0.2) is 22.4 Å². The van der Waals surface area contributed by atoms with Crippen molar-refractivity contribution < 1.29 is 10.2 Å². The van der Waals surface area contributed by atoms with Crippen LogP contribution in [-0.2, 0) is 0 Å². The molecule has 0 fully saturated rings. The number of aliphatic hydroxyl groups is 2. The molecule has 12 heavy (non-hydrogen) atoms. The lowest BCUT2D eigenvalue weighted by atomic mass is 10.0. The first-order valence-electron chi connectivity index (χ1n) is 4.30. The summed E-state index contributed by atoms with van der Waals surface area (Å²) >= 11 is 0. The van der Waals surface area contributed by atoms with Gasteiger partial charge >= 0.3 is 0 Å². The molecule has 0 aliphatic rings. The van der Waals surface area contributed by atoms with E-state index in [0.29, 0.717) is 12.8 Å². The van der Waals surface area contributed by atoms with Crippen molar-refractivity contribution in [3.8, 4) is 0 Å². The topological polar surface area (TPSA) is 40.5 Å². The highest BCUT2D eigenvalue weighted by Crippen LogP contribution is 2.08. The van der Waals surface area contributed by atoms with E-state index in [1.165, 1.54) is 0 Å². The summed E-state index contributed by atoms with van der Waals surface area (Å²) in [5.74, 6) is 0. The van der Waals surface area contributed by atoms with Crippen molar-refractivity contribution in [2.45, 2.75) is 37.9 Å². The van der Waals surface area contributed by atoms with E-state index in [2.05, 4.69) is 13.2 Å². The average Bonchev–Trinajstić information content (AvgIpc) is 2.10. The number of aliphatic hydroxyl groups excluding tert-OH is 2. The number of allylic oxidation sites excluding steroid dienone is 2. The zero-order valence-corrected chi connectivity index (χ0v) is 7.45. The van der Waals surface area contributed by atoms with Gasteiger partial charge in [-0.3, -0.25) is 0 Å². The van der Waals surface area contributed by atoms with Crippen LogP contribution < -0.4 is 0 Å². The summed E-state index contributed by atoms with van der Waals surface area (Å²) in [5, 5.41) is 18.7. The third kappa shape index (κ3) is 5.10. The number of hydrogen-bond acceptors (Lipinski definition) is 2. The van der Waals surface area contributed by atoms with E-state index in [1.807, 2.05) is 0 Å². The molecule has 0 radical (unpaired) electrons. The molecule has 2 nitrogen and oxygen atoms in total. The maximum atomic E-state index is 9.34. The Morgan fingerprint density at radius 3 is 1.50 bits per heavy atom. The molecular formula is C10H18O2. The van der Waals surface area contributed by atoms with Gasteiger partial charge < -0.3 is 10.2 Å². The predicted molar refractivity (Wildman–Crippen MR) is 50.9 cm³/mol. The lowest BCUT2D eigenvalue weighted by molar-refractivity contribution is 0.0112. The van der Waals surface area contributed by atoms with Crippen molar-refractivity contribution in [1.29, 1.82) is 0 Å². The third-order valence-corrected chi connectivity index (χ3v) is 1.78. The van der Waals surface area contributed by atoms with Crippen molar-refractivity contribution in [2.24, 2.45) is 0 Å². The van der Waals surface area contributed by atoms with Crippen LogP contribution >= 0.6 is 0 Å². The van der Waals surface area contributed by atoms with Gasteiger partial charge in [-0.1, -0.05) is 12.2 Å². The van der Waals surface area contributed by atoms with Gasteiger partial charge in [0.15, 0.2) is 0 Å². The molecule has 0 saturated heterocycles. The van der Waals surface area contributed by atoms with Crippen LogP contribution in [0.25, 0.3) is 0 Å². The largest absolute Gasteiger partial charge is 0.390 e. The Kier molecular flexibility index (Phi) is 6.72. The monoisotopic (exact) mass is 170 g/mol. The van der Waals surface area contributed by atoms with Crippen LogP contribution in [0.4, 0.5) is 0 Å². The second-order valence-corrected chi connectivity index (χ2v) is 2.87. The molecule has 2 N–H and O–H groups in total. The van der Waals surface area contributed by atoms with Gasteiger partial charge in [-0.15, -0.1) is 13.2 Å². The molecule has 0 aliphatic heterocycles. The van der Waals surface area contributed by atoms with Gasteiger partial charge in [-0.25, -0.2) is 0 Å². The second-order valence-electron chi connectivity index (χ2n) is 2.87. The van der Waals surface area contributed by atoms with E-state index in [1.54, 1.807) is 12.2 Å². The van der Waals surface area contributed by atoms with Crippen LogP contribution in [0.3, 0.4) is 0 Å². The molecule has 0 aliphatic carbocycles. The first-order chi connectivity index (χ1) is 5.72. The smallest absolute Gasteiger partial charge is 0.0802 e. The molecule has 0 saturated carbocycles. The SMILES string of the molecule is C=CCC[C@H](O)[C@@H](O)CCC=C. The summed E-state index contributed by atoms with van der Waals surface area (Å²) in [4.78, 5) is 0. The fraction of sp³-hybridized carbons (Fsp3) is 0.600. The molecule has 0 aromatic carbocycles. The maximum absolute atomic E-state index is 9.34. The Morgan fingerprint density at radius 1 is 0.917 bits per heavy atom. The molecule has 70 valence electrons. The molecule has 0 heterocycles. The molecule has 0 aromatic heterocycles. The highest BCUT2D eigenvalue weighted by molar-refractivity contribution is 4.76. The van der Waals surface area contributed by atoms with E-state index >= 15 is 0 Å². The molecular weight excluding hydrogens is 152 g/mol. The van der Waals surface area contributed by atoms with Gasteiger partial charge in [0.1, 0.15) is 0 Å². The first-order valence-corrected chi connectivity index (χ1v) is 4.30. The molecule has 0 unspecified atom stereocenters. The fourth-order valence-corrected chi connectivity index (χ4v) is 0.962. The lowest BCUT2D eigenvalue weighted by Crippen LogP contribution is -2.25. The van der Waals surface area contributed by atoms with Crippen LogP contribution in [0.15, 0.2) is 25.3 Å². The summed E-state index contributed by atoms with van der Waals surface area (Å²) in [6, 6.07) is 0. The maximum Gasteiger partial charge on any atom is 0.0802 e. The van der Waals surface area contributed by atoms with Crippen LogP contribution in [0, 0.1) is 0 Å². The van der Waals surface area contributed by atoms with Gasteiger partial charge in [0, 0.05) is 0 Å². The van der Waals surface area contributed by atoms with E-state index in [-0.39, 0.29) is 0 Å². The summed E-state index contributed by atoms with van der Waals surface area (Å²) in [6.45, 7) is 7.09. The Labute approximate surface area is 74.2 Å². The first kappa shape index (κ1) is 11.4. The van der Waals surface area contributed by atoms with Crippen molar-refractivity contribution in [2.75, 3.05) is 0 Å². The highest BCUT2D eigenvalue weighted by Gasteiger charge is 2.13. The van der Waals surface area contributed by atoms with Crippen molar-refractivity contribution in [1.82, 2.24) is 0 Å². The van der Waals surface area contributed by atoms with E-state index in [0.717, 1.165) is 12.8 Å². The molecule has 2 atom stereocenters. The van der Waals surface area contributed by atoms with Crippen LogP contribution in [0.2, 0.25) is 0 Å². The minimum Gasteiger partial charge on any atom is -0.390 e. The minimum absolute atomic E-state index is 0.585. The number of rotatable bonds is 7. The standard InChI is InChI=1S/C10H18O2/c1-3-5-7-9(11)10(12)8-6-4-2/h3-4,9-12H,1-2,5-8H2/t9-,10-/m0/s1. The van der Waals surface area contributed by atoms with Gasteiger partial charge in [0.05, 0.1) is 12.2 Å². The Morgan fingerprint density at radius 2 is 1.25 bits per heavy atom. The van der Waals surface area contributed by atoms with E-state index in [9.17, 15) is 10.2 Å². The zero-order valence-electron chi connectivity index (χ0n) is 7.45. The highest BCUT2D eigenvalue weighted by atomic mass is 16.3. The van der Waals surface area contributed by atoms with Crippen molar-refractivity contribution in [3.63, 3.8) is 0 Å². The molecule has 2 heteroatoms. The van der Waals surface area contributed by atoms with Crippen molar-refractivity contribution in [3.05, 3.63) is 25.3 Å². The summed E-state index contributed by atoms with van der Waals surface area (Å²) in [7, 11) is 0. The van der Waals surface area contributed by atoms with Gasteiger partial charge in [-0.05, 0) is 25.7 Å². The number of hydrogen-bond donors (Lipinski definition) is 2. The molecule has 0 bridgehead atoms. The summed E-state index contributed by atoms with van der Waals surface area (Å²) in [6.07, 6.45) is 4.89. The normalized spacial score (nSPS) is 15.2. The lowest BCUT2D eigenvalue weighted by Gasteiger charge is -2.15. The quantitative estimate of drug-likeness (QED) is 0.570. The predicted octanol–water partition coefficient (Wildman–Crippen LogP) is 1.64. The molecule has 0 rings (SSSR count). The van der Waals surface area contributed by atoms with Gasteiger partial charge in [0.25, 0.3) is 0 Å². The van der Waals surface area contributed by atoms with Crippen LogP contribution in [0.5, 0.6) is 0 Å². The van der Waals surface area contributed by atoms with Gasteiger partial charge in [0.2, 0.25) is 0 Å². The van der Waals surface area contributed by atoms with E-state index < -0.39 is 12.2 Å². The summed E-state index contributed by atoms with van der Waals surface area (Å²) in [5.41, 5.74) is 0. The van der Waals surface area contributed by atoms with Gasteiger partial charge in [-0.2, -0.15) is 0 Å². The molecule has 0 aromatic rings. The minimum atomic E-state index is -0.622. The average molecular weight is 170 g/mol. The van der Waals surface area contributed by atoms with E-state index in [4.69, 9.17) is 0 Å². The Balaban J connectivity index is 3.52. The summed E-state index contributed by atoms with van der Waals surface area (Å²) < 4.78 is 0. The Hall–Kier alpha value is -0.600. The zero-order chi connectivity index (χ0) is 9.40. The second kappa shape index (κ2) is 7.07. The molecule has 0 amide bonds. The van der Waals surface area contributed by atoms with Crippen LogP contribution in [0.1, 0.15) is 25.7 Å².